The minimum atomic E-state index is -0.394. The van der Waals surface area contributed by atoms with Crippen LogP contribution in [0.2, 0.25) is 0 Å². The highest BCUT2D eigenvalue weighted by Gasteiger charge is 2.30. The molecule has 0 bridgehead atoms. The van der Waals surface area contributed by atoms with Gasteiger partial charge in [-0.05, 0) is 17.2 Å². The molecule has 2 aromatic rings. The molecule has 4 heteroatoms. The number of nitrogens with one attached hydrogen (secondary N) is 1. The van der Waals surface area contributed by atoms with Crippen molar-refractivity contribution in [3.05, 3.63) is 59.2 Å². The van der Waals surface area contributed by atoms with Gasteiger partial charge in [0.25, 0.3) is 0 Å². The molecule has 4 nitrogen and oxygen atoms in total. The van der Waals surface area contributed by atoms with Crippen molar-refractivity contribution in [2.45, 2.75) is 25.1 Å². The number of methoxy groups -OCH3 is 2. The Morgan fingerprint density at radius 2 is 1.91 bits per heavy atom. The second-order valence-corrected chi connectivity index (χ2v) is 5.48. The molecule has 0 aliphatic heterocycles. The van der Waals surface area contributed by atoms with Gasteiger partial charge in [0.2, 0.25) is 0 Å². The molecule has 2 N–H and O–H groups in total. The molecule has 0 saturated carbocycles. The maximum atomic E-state index is 10.3. The van der Waals surface area contributed by atoms with Gasteiger partial charge in [-0.2, -0.15) is 0 Å². The second-order valence-electron chi connectivity index (χ2n) is 5.48. The van der Waals surface area contributed by atoms with Crippen LogP contribution in [0.1, 0.15) is 22.7 Å². The first-order chi connectivity index (χ1) is 10.7. The van der Waals surface area contributed by atoms with Crippen LogP contribution in [0.25, 0.3) is 0 Å². The molecule has 1 aliphatic rings. The molecule has 1 aliphatic carbocycles. The van der Waals surface area contributed by atoms with E-state index in [9.17, 15) is 5.11 Å². The summed E-state index contributed by atoms with van der Waals surface area (Å²) in [5.74, 6) is 1.45. The molecular formula is C18H21NO3. The van der Waals surface area contributed by atoms with Gasteiger partial charge < -0.3 is 19.9 Å². The van der Waals surface area contributed by atoms with Crippen LogP contribution in [0.5, 0.6) is 11.5 Å². The van der Waals surface area contributed by atoms with Crippen LogP contribution in [0.4, 0.5) is 0 Å². The maximum absolute atomic E-state index is 10.3. The van der Waals surface area contributed by atoms with Crippen molar-refractivity contribution in [3.8, 4) is 11.5 Å². The number of aliphatic hydroxyl groups excluding tert-OH is 1. The molecule has 0 spiro atoms. The summed E-state index contributed by atoms with van der Waals surface area (Å²) >= 11 is 0. The van der Waals surface area contributed by atoms with Gasteiger partial charge in [-0.15, -0.1) is 0 Å². The van der Waals surface area contributed by atoms with Crippen LogP contribution in [0.3, 0.4) is 0 Å². The number of para-hydroxylation sites is 1. The summed E-state index contributed by atoms with van der Waals surface area (Å²) in [5, 5.41) is 13.7. The van der Waals surface area contributed by atoms with Gasteiger partial charge >= 0.3 is 0 Å². The highest BCUT2D eigenvalue weighted by molar-refractivity contribution is 5.46. The van der Waals surface area contributed by atoms with E-state index < -0.39 is 6.10 Å². The van der Waals surface area contributed by atoms with E-state index in [0.29, 0.717) is 18.7 Å². The van der Waals surface area contributed by atoms with E-state index >= 15 is 0 Å². The van der Waals surface area contributed by atoms with Gasteiger partial charge in [0.15, 0.2) is 11.5 Å². The SMILES string of the molecule is COc1cccc(CN[C@H]2c3ccccc3C[C@H]2O)c1OC. The van der Waals surface area contributed by atoms with Gasteiger partial charge in [0, 0.05) is 18.5 Å². The Labute approximate surface area is 130 Å². The van der Waals surface area contributed by atoms with Crippen LogP contribution in [0, 0.1) is 0 Å². The highest BCUT2D eigenvalue weighted by atomic mass is 16.5. The lowest BCUT2D eigenvalue weighted by atomic mass is 10.1. The molecule has 0 heterocycles. The molecule has 22 heavy (non-hydrogen) atoms. The summed E-state index contributed by atoms with van der Waals surface area (Å²) in [6.07, 6.45) is 0.303. The molecule has 0 fully saturated rings. The average Bonchev–Trinajstić information content (AvgIpc) is 2.87. The molecule has 0 radical (unpaired) electrons. The summed E-state index contributed by atoms with van der Waals surface area (Å²) in [7, 11) is 3.27. The Bertz CT molecular complexity index is 657. The molecule has 3 rings (SSSR count). The van der Waals surface area contributed by atoms with Crippen molar-refractivity contribution in [1.29, 1.82) is 0 Å². The van der Waals surface area contributed by atoms with E-state index in [1.54, 1.807) is 14.2 Å². The maximum Gasteiger partial charge on any atom is 0.165 e. The average molecular weight is 299 g/mol. The lowest BCUT2D eigenvalue weighted by Crippen LogP contribution is -2.28. The Hall–Kier alpha value is -2.04. The summed E-state index contributed by atoms with van der Waals surface area (Å²) in [6, 6.07) is 13.9. The van der Waals surface area contributed by atoms with Crippen LogP contribution in [-0.4, -0.2) is 25.4 Å². The summed E-state index contributed by atoms with van der Waals surface area (Å²) in [5.41, 5.74) is 3.40. The van der Waals surface area contributed by atoms with E-state index in [2.05, 4.69) is 17.4 Å². The summed E-state index contributed by atoms with van der Waals surface area (Å²) < 4.78 is 10.8. The highest BCUT2D eigenvalue weighted by Crippen LogP contribution is 2.34. The third kappa shape index (κ3) is 2.67. The minimum absolute atomic E-state index is 0.0490. The van der Waals surface area contributed by atoms with Gasteiger partial charge in [0.1, 0.15) is 0 Å². The van der Waals surface area contributed by atoms with E-state index in [0.717, 1.165) is 11.3 Å². The number of hydrogen-bond donors (Lipinski definition) is 2. The van der Waals surface area contributed by atoms with Crippen molar-refractivity contribution in [1.82, 2.24) is 5.32 Å². The topological polar surface area (TPSA) is 50.7 Å². The smallest absolute Gasteiger partial charge is 0.165 e. The third-order valence-electron chi connectivity index (χ3n) is 4.20. The lowest BCUT2D eigenvalue weighted by Gasteiger charge is -2.19. The molecule has 2 atom stereocenters. The van der Waals surface area contributed by atoms with Crippen molar-refractivity contribution in [2.75, 3.05) is 14.2 Å². The second kappa shape index (κ2) is 6.38. The third-order valence-corrected chi connectivity index (χ3v) is 4.20. The fourth-order valence-electron chi connectivity index (χ4n) is 3.13. The summed E-state index contributed by atoms with van der Waals surface area (Å²) in [6.45, 7) is 0.608. The molecular weight excluding hydrogens is 278 g/mol. The Morgan fingerprint density at radius 1 is 1.09 bits per heavy atom. The van der Waals surface area contributed by atoms with Gasteiger partial charge in [-0.1, -0.05) is 36.4 Å². The van der Waals surface area contributed by atoms with E-state index in [1.807, 2.05) is 30.3 Å². The Balaban J connectivity index is 1.79. The molecule has 0 aromatic heterocycles. The van der Waals surface area contributed by atoms with Crippen LogP contribution < -0.4 is 14.8 Å². The van der Waals surface area contributed by atoms with E-state index in [-0.39, 0.29) is 6.04 Å². The molecule has 0 saturated heterocycles. The molecule has 116 valence electrons. The van der Waals surface area contributed by atoms with E-state index in [1.165, 1.54) is 11.1 Å². The van der Waals surface area contributed by atoms with E-state index in [4.69, 9.17) is 9.47 Å². The van der Waals surface area contributed by atoms with Gasteiger partial charge in [-0.3, -0.25) is 0 Å². The predicted octanol–water partition coefficient (Wildman–Crippen LogP) is 2.45. The Kier molecular flexibility index (Phi) is 4.32. The number of rotatable bonds is 5. The minimum Gasteiger partial charge on any atom is -0.493 e. The quantitative estimate of drug-likeness (QED) is 0.890. The number of ether oxygens (including phenoxy) is 2. The van der Waals surface area contributed by atoms with Gasteiger partial charge in [-0.25, -0.2) is 0 Å². The number of aliphatic hydroxyl groups is 1. The zero-order valence-electron chi connectivity index (χ0n) is 12.9. The van der Waals surface area contributed by atoms with Crippen molar-refractivity contribution < 1.29 is 14.6 Å². The van der Waals surface area contributed by atoms with Crippen LogP contribution in [-0.2, 0) is 13.0 Å². The predicted molar refractivity (Wildman–Crippen MR) is 85.3 cm³/mol. The first-order valence-corrected chi connectivity index (χ1v) is 7.43. The number of benzene rings is 2. The van der Waals surface area contributed by atoms with Crippen molar-refractivity contribution >= 4 is 0 Å². The number of fused-ring (bicyclic) bond motifs is 1. The van der Waals surface area contributed by atoms with Crippen LogP contribution >= 0.6 is 0 Å². The molecule has 2 aromatic carbocycles. The van der Waals surface area contributed by atoms with Gasteiger partial charge in [0.05, 0.1) is 26.4 Å². The molecule has 0 amide bonds. The first kappa shape index (κ1) is 14.9. The fraction of sp³-hybridized carbons (Fsp3) is 0.333. The van der Waals surface area contributed by atoms with Crippen molar-refractivity contribution in [3.63, 3.8) is 0 Å². The lowest BCUT2D eigenvalue weighted by molar-refractivity contribution is 0.140. The summed E-state index contributed by atoms with van der Waals surface area (Å²) in [4.78, 5) is 0. The number of hydrogen-bond acceptors (Lipinski definition) is 4. The molecule has 0 unspecified atom stereocenters. The first-order valence-electron chi connectivity index (χ1n) is 7.43. The Morgan fingerprint density at radius 3 is 2.68 bits per heavy atom. The van der Waals surface area contributed by atoms with Crippen molar-refractivity contribution in [2.24, 2.45) is 0 Å². The fourth-order valence-corrected chi connectivity index (χ4v) is 3.13. The monoisotopic (exact) mass is 299 g/mol. The zero-order valence-corrected chi connectivity index (χ0v) is 12.9. The normalized spacial score (nSPS) is 19.8. The largest absolute Gasteiger partial charge is 0.493 e. The van der Waals surface area contributed by atoms with Crippen LogP contribution in [0.15, 0.2) is 42.5 Å². The standard InChI is InChI=1S/C18H21NO3/c1-21-16-9-5-7-13(18(16)22-2)11-19-17-14-8-4-3-6-12(14)10-15(17)20/h3-9,15,17,19-20H,10-11H2,1-2H3/t15-,17+/m1/s1. The zero-order chi connectivity index (χ0) is 15.5.